The number of phenols is 2. The van der Waals surface area contributed by atoms with Crippen molar-refractivity contribution in [3.63, 3.8) is 0 Å². The van der Waals surface area contributed by atoms with Crippen molar-refractivity contribution in [3.8, 4) is 11.5 Å². The lowest BCUT2D eigenvalue weighted by atomic mass is 10.0. The molecule has 4 N–H and O–H groups in total. The van der Waals surface area contributed by atoms with Gasteiger partial charge in [-0.05, 0) is 61.1 Å². The first-order chi connectivity index (χ1) is 10.4. The Morgan fingerprint density at radius 3 is 2.23 bits per heavy atom. The van der Waals surface area contributed by atoms with Gasteiger partial charge >= 0.3 is 7.60 Å². The molecule has 6 heteroatoms. The van der Waals surface area contributed by atoms with Crippen molar-refractivity contribution < 1.29 is 24.6 Å². The summed E-state index contributed by atoms with van der Waals surface area (Å²) >= 11 is 0. The highest BCUT2D eigenvalue weighted by Gasteiger charge is 2.21. The fraction of sp³-hybridized carbons (Fsp3) is 0.250. The smallest absolute Gasteiger partial charge is 0.356 e. The Balaban J connectivity index is 1.96. The lowest BCUT2D eigenvalue weighted by Crippen LogP contribution is -2.11. The van der Waals surface area contributed by atoms with Gasteiger partial charge in [0.1, 0.15) is 11.5 Å². The minimum Gasteiger partial charge on any atom is -0.508 e. The normalized spacial score (nSPS) is 11.5. The molecule has 0 fully saturated rings. The molecule has 0 unspecified atom stereocenters. The zero-order chi connectivity index (χ0) is 16.2. The summed E-state index contributed by atoms with van der Waals surface area (Å²) in [5.74, 6) is 0.0849. The Labute approximate surface area is 129 Å². The quantitative estimate of drug-likeness (QED) is 0.484. The average Bonchev–Trinajstić information content (AvgIpc) is 2.44. The number of benzene rings is 2. The molecule has 2 aromatic carbocycles. The van der Waals surface area contributed by atoms with Crippen LogP contribution in [0.5, 0.6) is 11.5 Å². The SMILES string of the molecule is O=P(O)(O)c1cc(O)ccc1CCCCc1cccc(O)c1. The minimum atomic E-state index is -4.39. The van der Waals surface area contributed by atoms with Crippen LogP contribution in [0.3, 0.4) is 0 Å². The molecule has 0 amide bonds. The summed E-state index contributed by atoms with van der Waals surface area (Å²) in [5, 5.41) is 18.7. The van der Waals surface area contributed by atoms with Crippen molar-refractivity contribution in [1.29, 1.82) is 0 Å². The summed E-state index contributed by atoms with van der Waals surface area (Å²) in [5.41, 5.74) is 1.59. The Hall–Kier alpha value is -1.81. The van der Waals surface area contributed by atoms with Gasteiger partial charge in [0.05, 0.1) is 5.30 Å². The number of rotatable bonds is 6. The summed E-state index contributed by atoms with van der Waals surface area (Å²) in [6, 6.07) is 11.2. The van der Waals surface area contributed by atoms with Gasteiger partial charge in [0.15, 0.2) is 0 Å². The van der Waals surface area contributed by atoms with E-state index < -0.39 is 7.60 Å². The maximum atomic E-state index is 11.5. The van der Waals surface area contributed by atoms with Crippen LogP contribution in [-0.2, 0) is 17.4 Å². The van der Waals surface area contributed by atoms with Crippen LogP contribution in [-0.4, -0.2) is 20.0 Å². The second kappa shape index (κ2) is 6.97. The summed E-state index contributed by atoms with van der Waals surface area (Å²) in [6.45, 7) is 0. The van der Waals surface area contributed by atoms with E-state index in [0.717, 1.165) is 30.9 Å². The molecule has 0 bridgehead atoms. The van der Waals surface area contributed by atoms with E-state index in [-0.39, 0.29) is 16.8 Å². The molecule has 0 spiro atoms. The Morgan fingerprint density at radius 2 is 1.55 bits per heavy atom. The molecular formula is C16H19O5P. The van der Waals surface area contributed by atoms with Crippen molar-refractivity contribution in [3.05, 3.63) is 53.6 Å². The van der Waals surface area contributed by atoms with E-state index in [1.165, 1.54) is 6.07 Å². The molecule has 2 rings (SSSR count). The van der Waals surface area contributed by atoms with Crippen molar-refractivity contribution in [2.45, 2.75) is 25.7 Å². The maximum Gasteiger partial charge on any atom is 0.356 e. The van der Waals surface area contributed by atoms with E-state index in [1.807, 2.05) is 6.07 Å². The van der Waals surface area contributed by atoms with Gasteiger partial charge < -0.3 is 20.0 Å². The number of aromatic hydroxyl groups is 2. The van der Waals surface area contributed by atoms with Gasteiger partial charge in [0.2, 0.25) is 0 Å². The molecule has 0 aliphatic rings. The first kappa shape index (κ1) is 16.6. The highest BCUT2D eigenvalue weighted by Crippen LogP contribution is 2.36. The van der Waals surface area contributed by atoms with Gasteiger partial charge in [-0.15, -0.1) is 0 Å². The number of phenolic OH excluding ortho intramolecular Hbond substituents is 2. The van der Waals surface area contributed by atoms with Crippen molar-refractivity contribution in [2.75, 3.05) is 0 Å². The number of hydrogen-bond acceptors (Lipinski definition) is 3. The molecule has 0 saturated carbocycles. The topological polar surface area (TPSA) is 98.0 Å². The second-order valence-corrected chi connectivity index (χ2v) is 6.80. The van der Waals surface area contributed by atoms with Crippen molar-refractivity contribution in [2.24, 2.45) is 0 Å². The molecule has 0 aliphatic heterocycles. The van der Waals surface area contributed by atoms with Crippen molar-refractivity contribution >= 4 is 12.9 Å². The molecule has 0 saturated heterocycles. The number of hydrogen-bond donors (Lipinski definition) is 4. The summed E-state index contributed by atoms with van der Waals surface area (Å²) in [7, 11) is -4.39. The van der Waals surface area contributed by atoms with Gasteiger partial charge in [0, 0.05) is 0 Å². The Bertz CT molecular complexity index is 693. The third-order valence-electron chi connectivity index (χ3n) is 3.45. The minimum absolute atomic E-state index is 0.107. The van der Waals surface area contributed by atoms with Crippen LogP contribution in [0.25, 0.3) is 0 Å². The first-order valence-corrected chi connectivity index (χ1v) is 8.63. The van der Waals surface area contributed by atoms with Gasteiger partial charge in [-0.1, -0.05) is 18.2 Å². The van der Waals surface area contributed by atoms with Crippen LogP contribution >= 0.6 is 7.60 Å². The Morgan fingerprint density at radius 1 is 0.864 bits per heavy atom. The zero-order valence-corrected chi connectivity index (χ0v) is 12.9. The highest BCUT2D eigenvalue weighted by molar-refractivity contribution is 7.60. The van der Waals surface area contributed by atoms with Crippen LogP contribution in [0, 0.1) is 0 Å². The van der Waals surface area contributed by atoms with Crippen LogP contribution in [0.1, 0.15) is 24.0 Å². The van der Waals surface area contributed by atoms with Crippen LogP contribution in [0.2, 0.25) is 0 Å². The zero-order valence-electron chi connectivity index (χ0n) is 12.0. The summed E-state index contributed by atoms with van der Waals surface area (Å²) in [4.78, 5) is 18.7. The summed E-state index contributed by atoms with van der Waals surface area (Å²) < 4.78 is 11.5. The molecule has 5 nitrogen and oxygen atoms in total. The molecule has 22 heavy (non-hydrogen) atoms. The lowest BCUT2D eigenvalue weighted by Gasteiger charge is -2.11. The van der Waals surface area contributed by atoms with E-state index in [9.17, 15) is 24.6 Å². The molecule has 0 heterocycles. The first-order valence-electron chi connectivity index (χ1n) is 7.02. The fourth-order valence-electron chi connectivity index (χ4n) is 2.39. The molecule has 118 valence electrons. The predicted octanol–water partition coefficient (Wildman–Crippen LogP) is 2.47. The lowest BCUT2D eigenvalue weighted by molar-refractivity contribution is 0.386. The van der Waals surface area contributed by atoms with E-state index in [0.29, 0.717) is 12.0 Å². The van der Waals surface area contributed by atoms with E-state index in [1.54, 1.807) is 24.3 Å². The van der Waals surface area contributed by atoms with Gasteiger partial charge in [-0.25, -0.2) is 0 Å². The largest absolute Gasteiger partial charge is 0.508 e. The monoisotopic (exact) mass is 322 g/mol. The second-order valence-electron chi connectivity index (χ2n) is 5.23. The fourth-order valence-corrected chi connectivity index (χ4v) is 3.25. The van der Waals surface area contributed by atoms with Gasteiger partial charge in [-0.2, -0.15) is 0 Å². The van der Waals surface area contributed by atoms with Crippen LogP contribution in [0.4, 0.5) is 0 Å². The highest BCUT2D eigenvalue weighted by atomic mass is 31.2. The molecule has 2 aromatic rings. The van der Waals surface area contributed by atoms with E-state index in [2.05, 4.69) is 0 Å². The maximum absolute atomic E-state index is 11.5. The van der Waals surface area contributed by atoms with Crippen LogP contribution < -0.4 is 5.30 Å². The van der Waals surface area contributed by atoms with Gasteiger partial charge in [-0.3, -0.25) is 4.57 Å². The van der Waals surface area contributed by atoms with Crippen LogP contribution in [0.15, 0.2) is 42.5 Å². The standard InChI is InChI=1S/C16H19O5P/c17-14-7-3-5-12(10-14)4-1-2-6-13-8-9-15(18)11-16(13)22(19,20)21/h3,5,7-11,17-18H,1-2,4,6H2,(H2,19,20,21). The molecule has 0 aromatic heterocycles. The number of aryl methyl sites for hydroxylation is 2. The molecular weight excluding hydrogens is 303 g/mol. The third-order valence-corrected chi connectivity index (χ3v) is 4.50. The van der Waals surface area contributed by atoms with E-state index in [4.69, 9.17) is 0 Å². The van der Waals surface area contributed by atoms with Crippen molar-refractivity contribution in [1.82, 2.24) is 0 Å². The molecule has 0 radical (unpaired) electrons. The molecule has 0 aliphatic carbocycles. The van der Waals surface area contributed by atoms with Gasteiger partial charge in [0.25, 0.3) is 0 Å². The Kier molecular flexibility index (Phi) is 5.24. The predicted molar refractivity (Wildman–Crippen MR) is 84.5 cm³/mol. The summed E-state index contributed by atoms with van der Waals surface area (Å²) in [6.07, 6.45) is 2.91. The average molecular weight is 322 g/mol. The molecule has 0 atom stereocenters. The number of unbranched alkanes of at least 4 members (excludes halogenated alkanes) is 1. The third kappa shape index (κ3) is 4.60. The van der Waals surface area contributed by atoms with E-state index >= 15 is 0 Å².